The number of carbonyl (C=O) groups is 4. The summed E-state index contributed by atoms with van der Waals surface area (Å²) < 4.78 is 21.7. The Balaban J connectivity index is 1.01. The number of halogens is 1. The fourth-order valence-corrected chi connectivity index (χ4v) is 6.83. The van der Waals surface area contributed by atoms with Gasteiger partial charge in [-0.1, -0.05) is 24.3 Å². The second-order valence-electron chi connectivity index (χ2n) is 12.5. The van der Waals surface area contributed by atoms with Crippen molar-refractivity contribution in [2.24, 2.45) is 5.73 Å². The lowest BCUT2D eigenvalue weighted by Gasteiger charge is -2.32. The van der Waals surface area contributed by atoms with Gasteiger partial charge in [0.2, 0.25) is 11.8 Å². The smallest absolute Gasteiger partial charge is 0.255 e. The van der Waals surface area contributed by atoms with Crippen molar-refractivity contribution < 1.29 is 28.3 Å². The maximum absolute atomic E-state index is 15.8. The number of likely N-dealkylation sites (tertiary alicyclic amines) is 1. The Bertz CT molecular complexity index is 1910. The van der Waals surface area contributed by atoms with E-state index >= 15 is 4.39 Å². The molecule has 11 heteroatoms. The SMILES string of the molecule is NC(=O)c1ccc(C2CCN(Cc3ccc4c(c3F)CN(C3CCC(=O)NC3=O)C4=O)CC2)nc1-c1ccc(Oc2ccccc2)cc1. The molecule has 4 heterocycles. The second kappa shape index (κ2) is 13.0. The largest absolute Gasteiger partial charge is 0.457 e. The Morgan fingerprint density at radius 3 is 2.35 bits per heavy atom. The third-order valence-corrected chi connectivity index (χ3v) is 9.42. The lowest BCUT2D eigenvalue weighted by Crippen LogP contribution is -2.52. The third kappa shape index (κ3) is 6.16. The summed E-state index contributed by atoms with van der Waals surface area (Å²) in [5.74, 6) is -0.728. The molecule has 3 aromatic carbocycles. The maximum atomic E-state index is 15.8. The van der Waals surface area contributed by atoms with Crippen LogP contribution in [0.1, 0.15) is 69.1 Å². The quantitative estimate of drug-likeness (QED) is 0.259. The summed E-state index contributed by atoms with van der Waals surface area (Å²) in [5, 5.41) is 2.28. The first-order valence-electron chi connectivity index (χ1n) is 16.1. The van der Waals surface area contributed by atoms with E-state index in [1.165, 1.54) is 4.90 Å². The van der Waals surface area contributed by atoms with Gasteiger partial charge in [-0.3, -0.25) is 34.4 Å². The summed E-state index contributed by atoms with van der Waals surface area (Å²) in [6.07, 6.45) is 1.95. The molecule has 10 nitrogen and oxygen atoms in total. The summed E-state index contributed by atoms with van der Waals surface area (Å²) in [5.41, 5.74) is 9.27. The number of aromatic nitrogens is 1. The molecular weight excluding hydrogens is 613 g/mol. The van der Waals surface area contributed by atoms with Crippen LogP contribution in [-0.4, -0.2) is 57.5 Å². The van der Waals surface area contributed by atoms with Gasteiger partial charge in [0.05, 0.1) is 17.8 Å². The van der Waals surface area contributed by atoms with E-state index < -0.39 is 29.6 Å². The molecule has 7 rings (SSSR count). The van der Waals surface area contributed by atoms with Gasteiger partial charge in [-0.05, 0) is 86.9 Å². The van der Waals surface area contributed by atoms with Crippen LogP contribution in [0.25, 0.3) is 11.3 Å². The average Bonchev–Trinajstić information content (AvgIpc) is 3.43. The summed E-state index contributed by atoms with van der Waals surface area (Å²) >= 11 is 0. The molecule has 0 radical (unpaired) electrons. The molecule has 0 spiro atoms. The molecule has 2 saturated heterocycles. The van der Waals surface area contributed by atoms with Crippen molar-refractivity contribution >= 4 is 23.6 Å². The predicted molar refractivity (Wildman–Crippen MR) is 174 cm³/mol. The van der Waals surface area contributed by atoms with Gasteiger partial charge in [-0.15, -0.1) is 0 Å². The Hall–Kier alpha value is -5.42. The van der Waals surface area contributed by atoms with E-state index in [9.17, 15) is 19.2 Å². The normalized spacial score (nSPS) is 18.5. The van der Waals surface area contributed by atoms with Crippen LogP contribution in [-0.2, 0) is 22.7 Å². The van der Waals surface area contributed by atoms with E-state index in [4.69, 9.17) is 15.5 Å². The maximum Gasteiger partial charge on any atom is 0.255 e. The molecule has 1 aromatic heterocycles. The highest BCUT2D eigenvalue weighted by atomic mass is 19.1. The van der Waals surface area contributed by atoms with Gasteiger partial charge in [0.1, 0.15) is 23.4 Å². The third-order valence-electron chi connectivity index (χ3n) is 9.42. The molecule has 3 N–H and O–H groups in total. The number of hydrogen-bond acceptors (Lipinski definition) is 7. The molecule has 4 aromatic rings. The van der Waals surface area contributed by atoms with E-state index in [1.54, 1.807) is 18.2 Å². The van der Waals surface area contributed by atoms with Crippen molar-refractivity contribution in [1.29, 1.82) is 0 Å². The molecule has 2 fully saturated rings. The molecule has 0 bridgehead atoms. The minimum Gasteiger partial charge on any atom is -0.457 e. The topological polar surface area (TPSA) is 135 Å². The van der Waals surface area contributed by atoms with Crippen LogP contribution in [0.2, 0.25) is 0 Å². The van der Waals surface area contributed by atoms with E-state index in [-0.39, 0.29) is 36.8 Å². The van der Waals surface area contributed by atoms with Crippen LogP contribution in [0.15, 0.2) is 78.9 Å². The lowest BCUT2D eigenvalue weighted by atomic mass is 9.91. The fourth-order valence-electron chi connectivity index (χ4n) is 6.83. The fraction of sp³-hybridized carbons (Fsp3) is 0.270. The molecule has 3 aliphatic rings. The molecule has 0 saturated carbocycles. The molecule has 3 aliphatic heterocycles. The molecule has 1 unspecified atom stereocenters. The summed E-state index contributed by atoms with van der Waals surface area (Å²) in [6, 6.07) is 23.0. The number of amides is 4. The number of piperidine rings is 2. The first-order chi connectivity index (χ1) is 23.2. The number of fused-ring (bicyclic) bond motifs is 1. The number of nitrogens with zero attached hydrogens (tertiary/aromatic N) is 3. The number of para-hydroxylation sites is 1. The predicted octanol–water partition coefficient (Wildman–Crippen LogP) is 4.92. The molecule has 0 aliphatic carbocycles. The van der Waals surface area contributed by atoms with E-state index in [0.29, 0.717) is 47.8 Å². The van der Waals surface area contributed by atoms with Crippen LogP contribution < -0.4 is 15.8 Å². The number of ether oxygens (including phenoxy) is 1. The highest BCUT2D eigenvalue weighted by molar-refractivity contribution is 6.05. The van der Waals surface area contributed by atoms with Crippen molar-refractivity contribution in [3.8, 4) is 22.8 Å². The number of carbonyl (C=O) groups excluding carboxylic acids is 4. The molecule has 4 amide bonds. The van der Waals surface area contributed by atoms with Crippen LogP contribution in [0.3, 0.4) is 0 Å². The first-order valence-corrected chi connectivity index (χ1v) is 16.1. The van der Waals surface area contributed by atoms with Crippen molar-refractivity contribution in [2.75, 3.05) is 13.1 Å². The Morgan fingerprint density at radius 2 is 1.65 bits per heavy atom. The monoisotopic (exact) mass is 647 g/mol. The van der Waals surface area contributed by atoms with Crippen molar-refractivity contribution in [1.82, 2.24) is 20.1 Å². The number of nitrogens with one attached hydrogen (secondary N) is 1. The van der Waals surface area contributed by atoms with Gasteiger partial charge in [0.25, 0.3) is 11.8 Å². The van der Waals surface area contributed by atoms with Gasteiger partial charge in [0.15, 0.2) is 0 Å². The van der Waals surface area contributed by atoms with Gasteiger partial charge >= 0.3 is 0 Å². The van der Waals surface area contributed by atoms with Crippen LogP contribution in [0.4, 0.5) is 4.39 Å². The number of rotatable bonds is 8. The van der Waals surface area contributed by atoms with Gasteiger partial charge in [0, 0.05) is 46.8 Å². The lowest BCUT2D eigenvalue weighted by molar-refractivity contribution is -0.136. The summed E-state index contributed by atoms with van der Waals surface area (Å²) in [7, 11) is 0. The van der Waals surface area contributed by atoms with Crippen molar-refractivity contribution in [3.05, 3.63) is 113 Å². The summed E-state index contributed by atoms with van der Waals surface area (Å²) in [4.78, 5) is 57.8. The van der Waals surface area contributed by atoms with E-state index in [1.807, 2.05) is 60.7 Å². The first kappa shape index (κ1) is 31.2. The van der Waals surface area contributed by atoms with Gasteiger partial charge in [-0.2, -0.15) is 0 Å². The Kier molecular flexibility index (Phi) is 8.45. The average molecular weight is 648 g/mol. The van der Waals surface area contributed by atoms with E-state index in [0.717, 1.165) is 29.8 Å². The highest BCUT2D eigenvalue weighted by Gasteiger charge is 2.40. The van der Waals surface area contributed by atoms with Crippen LogP contribution in [0.5, 0.6) is 11.5 Å². The zero-order chi connectivity index (χ0) is 33.4. The number of hydrogen-bond donors (Lipinski definition) is 2. The molecular formula is C37H34FN5O5. The Labute approximate surface area is 276 Å². The van der Waals surface area contributed by atoms with Crippen LogP contribution >= 0.6 is 0 Å². The van der Waals surface area contributed by atoms with Crippen molar-refractivity contribution in [2.45, 2.75) is 50.7 Å². The zero-order valence-corrected chi connectivity index (χ0v) is 26.2. The molecule has 244 valence electrons. The molecule has 48 heavy (non-hydrogen) atoms. The number of benzene rings is 3. The van der Waals surface area contributed by atoms with Crippen molar-refractivity contribution in [3.63, 3.8) is 0 Å². The number of imide groups is 1. The minimum absolute atomic E-state index is 0.000267. The van der Waals surface area contributed by atoms with Gasteiger partial charge < -0.3 is 15.4 Å². The Morgan fingerprint density at radius 1 is 0.917 bits per heavy atom. The zero-order valence-electron chi connectivity index (χ0n) is 26.2. The number of nitrogens with two attached hydrogens (primary N) is 1. The standard InChI is InChI=1S/C37H34FN5O5/c38-33-24(8-11-27-29(33)21-43(37(27)47)31-14-15-32(44)41-36(31)46)20-42-18-16-22(17-19-42)30-13-12-28(35(39)45)34(40-30)23-6-9-26(10-7-23)48-25-4-2-1-3-5-25/h1-13,22,31H,14-21H2,(H2,39,45)(H,41,44,46). The van der Waals surface area contributed by atoms with E-state index in [2.05, 4.69) is 10.2 Å². The highest BCUT2D eigenvalue weighted by Crippen LogP contribution is 2.34. The molecule has 1 atom stereocenters. The number of primary amides is 1. The second-order valence-corrected chi connectivity index (χ2v) is 12.5. The van der Waals surface area contributed by atoms with Gasteiger partial charge in [-0.25, -0.2) is 4.39 Å². The minimum atomic E-state index is -0.788. The summed E-state index contributed by atoms with van der Waals surface area (Å²) in [6.45, 7) is 1.81. The van der Waals surface area contributed by atoms with Crippen LogP contribution in [0, 0.1) is 5.82 Å². The number of pyridine rings is 1.